The van der Waals surface area contributed by atoms with Crippen LogP contribution >= 0.6 is 15.9 Å². The molecule has 0 aliphatic carbocycles. The molecule has 1 atom stereocenters. The fourth-order valence-electron chi connectivity index (χ4n) is 1.02. The molecule has 0 aromatic carbocycles. The first kappa shape index (κ1) is 9.52. The second-order valence-electron chi connectivity index (χ2n) is 2.65. The summed E-state index contributed by atoms with van der Waals surface area (Å²) in [5.74, 6) is 1.26. The van der Waals surface area contributed by atoms with E-state index in [-0.39, 0.29) is 0 Å². The predicted molar refractivity (Wildman–Crippen MR) is 53.0 cm³/mol. The minimum Gasteiger partial charge on any atom is -0.495 e. The number of hydrogen-bond acceptors (Lipinski definition) is 2. The largest absolute Gasteiger partial charge is 0.495 e. The highest BCUT2D eigenvalue weighted by molar-refractivity contribution is 9.09. The van der Waals surface area contributed by atoms with Crippen molar-refractivity contribution in [1.29, 1.82) is 0 Å². The molecule has 1 aromatic heterocycles. The first-order valence-electron chi connectivity index (χ1n) is 3.84. The van der Waals surface area contributed by atoms with Gasteiger partial charge in [0.05, 0.1) is 12.8 Å². The van der Waals surface area contributed by atoms with Crippen LogP contribution in [0, 0.1) is 0 Å². The molecule has 0 spiro atoms. The lowest BCUT2D eigenvalue weighted by Crippen LogP contribution is -2.00. The number of ether oxygens (including phenoxy) is 1. The number of pyridine rings is 1. The molecule has 0 radical (unpaired) electrons. The maximum Gasteiger partial charge on any atom is 0.140 e. The van der Waals surface area contributed by atoms with Crippen molar-refractivity contribution in [1.82, 2.24) is 4.98 Å². The van der Waals surface area contributed by atoms with Gasteiger partial charge in [-0.1, -0.05) is 22.9 Å². The molecule has 0 bridgehead atoms. The lowest BCUT2D eigenvalue weighted by molar-refractivity contribution is 0.404. The van der Waals surface area contributed by atoms with Crippen LogP contribution in [0.25, 0.3) is 0 Å². The summed E-state index contributed by atoms with van der Waals surface area (Å²) >= 11 is 3.42. The van der Waals surface area contributed by atoms with E-state index in [0.717, 1.165) is 16.8 Å². The van der Waals surface area contributed by atoms with E-state index in [0.29, 0.717) is 5.92 Å². The Balaban J connectivity index is 2.96. The standard InChI is InChI=1S/C9H12BrNO/c1-7(6-10)9-8(12-2)4-3-5-11-9/h3-5,7H,6H2,1-2H3. The third-order valence-corrected chi connectivity index (χ3v) is 2.69. The maximum atomic E-state index is 5.18. The number of aromatic nitrogens is 1. The smallest absolute Gasteiger partial charge is 0.140 e. The first-order valence-corrected chi connectivity index (χ1v) is 4.96. The summed E-state index contributed by atoms with van der Waals surface area (Å²) in [6, 6.07) is 3.81. The quantitative estimate of drug-likeness (QED) is 0.744. The van der Waals surface area contributed by atoms with Gasteiger partial charge in [-0.25, -0.2) is 0 Å². The summed E-state index contributed by atoms with van der Waals surface area (Å²) in [6.07, 6.45) is 1.79. The highest BCUT2D eigenvalue weighted by Gasteiger charge is 2.10. The number of nitrogens with zero attached hydrogens (tertiary/aromatic N) is 1. The van der Waals surface area contributed by atoms with E-state index >= 15 is 0 Å². The van der Waals surface area contributed by atoms with Gasteiger partial charge in [-0.15, -0.1) is 0 Å². The van der Waals surface area contributed by atoms with E-state index in [4.69, 9.17) is 4.74 Å². The van der Waals surface area contributed by atoms with E-state index < -0.39 is 0 Å². The lowest BCUT2D eigenvalue weighted by atomic mass is 10.1. The molecule has 0 saturated carbocycles. The Labute approximate surface area is 81.1 Å². The molecule has 0 fully saturated rings. The van der Waals surface area contributed by atoms with Gasteiger partial charge < -0.3 is 4.74 Å². The van der Waals surface area contributed by atoms with Gasteiger partial charge in [0.1, 0.15) is 5.75 Å². The van der Waals surface area contributed by atoms with Crippen molar-refractivity contribution in [2.24, 2.45) is 0 Å². The summed E-state index contributed by atoms with van der Waals surface area (Å²) in [5.41, 5.74) is 1.01. The Morgan fingerprint density at radius 3 is 3.00 bits per heavy atom. The van der Waals surface area contributed by atoms with Gasteiger partial charge >= 0.3 is 0 Å². The fraction of sp³-hybridized carbons (Fsp3) is 0.444. The number of alkyl halides is 1. The van der Waals surface area contributed by atoms with Crippen LogP contribution in [0.4, 0.5) is 0 Å². The molecule has 0 N–H and O–H groups in total. The minimum absolute atomic E-state index is 0.390. The molecule has 2 nitrogen and oxygen atoms in total. The van der Waals surface area contributed by atoms with Gasteiger partial charge in [0.2, 0.25) is 0 Å². The van der Waals surface area contributed by atoms with Crippen molar-refractivity contribution in [2.75, 3.05) is 12.4 Å². The average molecular weight is 230 g/mol. The Morgan fingerprint density at radius 2 is 2.42 bits per heavy atom. The van der Waals surface area contributed by atoms with Crippen LogP contribution in [0.3, 0.4) is 0 Å². The zero-order chi connectivity index (χ0) is 8.97. The van der Waals surface area contributed by atoms with Crippen molar-refractivity contribution in [2.45, 2.75) is 12.8 Å². The van der Waals surface area contributed by atoms with Crippen molar-refractivity contribution >= 4 is 15.9 Å². The summed E-state index contributed by atoms with van der Waals surface area (Å²) in [6.45, 7) is 2.11. The highest BCUT2D eigenvalue weighted by atomic mass is 79.9. The molecule has 12 heavy (non-hydrogen) atoms. The number of hydrogen-bond donors (Lipinski definition) is 0. The van der Waals surface area contributed by atoms with Crippen molar-refractivity contribution in [3.05, 3.63) is 24.0 Å². The van der Waals surface area contributed by atoms with Crippen LogP contribution in [-0.4, -0.2) is 17.4 Å². The molecule has 1 unspecified atom stereocenters. The molecule has 1 aromatic rings. The second kappa shape index (κ2) is 4.45. The molecular weight excluding hydrogens is 218 g/mol. The fourth-order valence-corrected chi connectivity index (χ4v) is 1.33. The maximum absolute atomic E-state index is 5.18. The highest BCUT2D eigenvalue weighted by Crippen LogP contribution is 2.24. The lowest BCUT2D eigenvalue weighted by Gasteiger charge is -2.10. The monoisotopic (exact) mass is 229 g/mol. The molecule has 0 aliphatic rings. The van der Waals surface area contributed by atoms with E-state index in [1.165, 1.54) is 0 Å². The Bertz CT molecular complexity index is 252. The van der Waals surface area contributed by atoms with E-state index in [9.17, 15) is 0 Å². The predicted octanol–water partition coefficient (Wildman–Crippen LogP) is 2.59. The van der Waals surface area contributed by atoms with E-state index in [2.05, 4.69) is 27.8 Å². The van der Waals surface area contributed by atoms with E-state index in [1.807, 2.05) is 12.1 Å². The Kier molecular flexibility index (Phi) is 3.53. The average Bonchev–Trinajstić information content (AvgIpc) is 2.16. The van der Waals surface area contributed by atoms with Crippen LogP contribution in [0.2, 0.25) is 0 Å². The minimum atomic E-state index is 0.390. The summed E-state index contributed by atoms with van der Waals surface area (Å²) < 4.78 is 5.18. The van der Waals surface area contributed by atoms with Gasteiger partial charge in [0.15, 0.2) is 0 Å². The molecule has 66 valence electrons. The second-order valence-corrected chi connectivity index (χ2v) is 3.29. The topological polar surface area (TPSA) is 22.1 Å². The van der Waals surface area contributed by atoms with Crippen LogP contribution in [0.15, 0.2) is 18.3 Å². The Hall–Kier alpha value is -0.570. The molecule has 0 saturated heterocycles. The van der Waals surface area contributed by atoms with Gasteiger partial charge in [-0.2, -0.15) is 0 Å². The van der Waals surface area contributed by atoms with Crippen molar-refractivity contribution in [3.8, 4) is 5.75 Å². The van der Waals surface area contributed by atoms with Crippen LogP contribution in [0.5, 0.6) is 5.75 Å². The normalized spacial score (nSPS) is 12.6. The van der Waals surface area contributed by atoms with E-state index in [1.54, 1.807) is 13.3 Å². The van der Waals surface area contributed by atoms with Crippen LogP contribution in [-0.2, 0) is 0 Å². The van der Waals surface area contributed by atoms with Gasteiger partial charge in [0, 0.05) is 17.4 Å². The molecule has 0 aliphatic heterocycles. The third-order valence-electron chi connectivity index (χ3n) is 1.72. The van der Waals surface area contributed by atoms with Gasteiger partial charge in [-0.05, 0) is 12.1 Å². The molecule has 1 rings (SSSR count). The SMILES string of the molecule is COc1cccnc1C(C)CBr. The number of rotatable bonds is 3. The third kappa shape index (κ3) is 1.97. The first-order chi connectivity index (χ1) is 5.79. The van der Waals surface area contributed by atoms with Gasteiger partial charge in [-0.3, -0.25) is 4.98 Å². The van der Waals surface area contributed by atoms with Crippen molar-refractivity contribution in [3.63, 3.8) is 0 Å². The molecule has 0 amide bonds. The summed E-state index contributed by atoms with van der Waals surface area (Å²) in [5, 5.41) is 0.903. The summed E-state index contributed by atoms with van der Waals surface area (Å²) in [7, 11) is 1.67. The number of halogens is 1. The molecule has 1 heterocycles. The Morgan fingerprint density at radius 1 is 1.67 bits per heavy atom. The van der Waals surface area contributed by atoms with Crippen molar-refractivity contribution < 1.29 is 4.74 Å². The summed E-state index contributed by atoms with van der Waals surface area (Å²) in [4.78, 5) is 4.27. The van der Waals surface area contributed by atoms with Crippen LogP contribution in [0.1, 0.15) is 18.5 Å². The molecular formula is C9H12BrNO. The van der Waals surface area contributed by atoms with Gasteiger partial charge in [0.25, 0.3) is 0 Å². The zero-order valence-electron chi connectivity index (χ0n) is 7.25. The molecule has 3 heteroatoms. The number of methoxy groups -OCH3 is 1. The zero-order valence-corrected chi connectivity index (χ0v) is 8.84. The van der Waals surface area contributed by atoms with Crippen LogP contribution < -0.4 is 4.74 Å².